The zero-order chi connectivity index (χ0) is 27.6. The lowest BCUT2D eigenvalue weighted by atomic mass is 10.1. The van der Waals surface area contributed by atoms with E-state index in [1.807, 2.05) is 54.6 Å². The molecule has 40 heavy (non-hydrogen) atoms. The van der Waals surface area contributed by atoms with Crippen LogP contribution in [-0.4, -0.2) is 16.3 Å². The van der Waals surface area contributed by atoms with Crippen LogP contribution in [0.2, 0.25) is 0 Å². The fourth-order valence-electron chi connectivity index (χ4n) is 4.51. The molecule has 0 saturated carbocycles. The fraction of sp³-hybridized carbons (Fsp3) is 0.0667. The summed E-state index contributed by atoms with van der Waals surface area (Å²) in [6, 6.07) is 25.4. The van der Waals surface area contributed by atoms with Gasteiger partial charge in [-0.1, -0.05) is 36.4 Å². The number of ether oxygens (including phenoxy) is 2. The van der Waals surface area contributed by atoms with E-state index in [0.717, 1.165) is 11.1 Å². The summed E-state index contributed by atoms with van der Waals surface area (Å²) in [5.41, 5.74) is 3.90. The Balaban J connectivity index is 1.15. The number of carboxylic acid groups (broad SMARTS) is 1. The van der Waals surface area contributed by atoms with Gasteiger partial charge in [-0.3, -0.25) is 4.90 Å². The maximum absolute atomic E-state index is 13.0. The van der Waals surface area contributed by atoms with Gasteiger partial charge in [-0.05, 0) is 53.6 Å². The van der Waals surface area contributed by atoms with Gasteiger partial charge >= 0.3 is 11.3 Å². The van der Waals surface area contributed by atoms with Gasteiger partial charge in [-0.15, -0.1) is 0 Å². The lowest BCUT2D eigenvalue weighted by molar-refractivity contribution is -0.233. The zero-order valence-corrected chi connectivity index (χ0v) is 21.7. The van der Waals surface area contributed by atoms with Crippen molar-refractivity contribution in [3.63, 3.8) is 0 Å². The highest BCUT2D eigenvalue weighted by Gasteiger charge is 2.34. The lowest BCUT2D eigenvalue weighted by Gasteiger charge is -2.27. The van der Waals surface area contributed by atoms with E-state index < -0.39 is 15.8 Å². The number of hydrogen-bond donors (Lipinski definition) is 1. The highest BCUT2D eigenvalue weighted by atomic mass is 32.2. The predicted octanol–water partition coefficient (Wildman–Crippen LogP) is 5.89. The average Bonchev–Trinajstić information content (AvgIpc) is 3.35. The summed E-state index contributed by atoms with van der Waals surface area (Å²) >= 11 is 0. The van der Waals surface area contributed by atoms with E-state index in [0.29, 0.717) is 57.6 Å². The quantitative estimate of drug-likeness (QED) is 0.240. The van der Waals surface area contributed by atoms with Crippen molar-refractivity contribution in [2.45, 2.75) is 13.2 Å². The average molecular weight is 549 g/mol. The van der Waals surface area contributed by atoms with Crippen molar-refractivity contribution in [2.24, 2.45) is 0 Å². The number of hydrogen-bond acceptors (Lipinski definition) is 7. The summed E-state index contributed by atoms with van der Waals surface area (Å²) in [6.07, 6.45) is 1.50. The number of benzene rings is 3. The van der Waals surface area contributed by atoms with Crippen LogP contribution in [0.3, 0.4) is 0 Å². The smallest absolute Gasteiger partial charge is 0.331 e. The summed E-state index contributed by atoms with van der Waals surface area (Å²) in [5, 5.41) is 24.4. The Morgan fingerprint density at radius 2 is 1.80 bits per heavy atom. The number of nitrogens with one attached hydrogen (secondary N) is 1. The predicted molar refractivity (Wildman–Crippen MR) is 149 cm³/mol. The summed E-state index contributed by atoms with van der Waals surface area (Å²) in [7, 11) is -1.33. The molecule has 0 spiro atoms. The van der Waals surface area contributed by atoms with Gasteiger partial charge in [0, 0.05) is 6.20 Å². The highest BCUT2D eigenvalue weighted by molar-refractivity contribution is 7.54. The Hall–Kier alpha value is -5.40. The van der Waals surface area contributed by atoms with E-state index in [1.54, 1.807) is 24.3 Å². The Morgan fingerprint density at radius 3 is 2.60 bits per heavy atom. The zero-order valence-electron chi connectivity index (χ0n) is 20.9. The minimum atomic E-state index is -1.33. The number of anilines is 3. The number of carbonyl (C=O) groups excluding carboxylic acids is 2. The van der Waals surface area contributed by atoms with Crippen LogP contribution in [0.25, 0.3) is 10.2 Å². The van der Waals surface area contributed by atoms with E-state index >= 15 is 0 Å². The standard InChI is InChI=1S/C30H20N4O5S/c31-15-21-5-1-2-7-26(21)39-17-20-4-3-6-23(14-20)38-16-19-8-10-22(11-9-19)34-25-12-13-32-28-27(25)24(33-29(34)35)18-40(28)30(36)37/h1-14,18H,16-17H2,(H-,33,35,36,37). The van der Waals surface area contributed by atoms with E-state index in [2.05, 4.69) is 16.4 Å². The molecule has 1 N–H and O–H groups in total. The number of urea groups is 1. The normalized spacial score (nSPS) is 12.5. The molecule has 0 bridgehead atoms. The van der Waals surface area contributed by atoms with Crippen molar-refractivity contribution in [3.05, 3.63) is 107 Å². The maximum Gasteiger partial charge on any atom is 0.331 e. The number of nitrogens with zero attached hydrogens (tertiary/aromatic N) is 3. The molecule has 1 unspecified atom stereocenters. The molecule has 9 nitrogen and oxygen atoms in total. The minimum absolute atomic E-state index is 0.294. The van der Waals surface area contributed by atoms with Crippen molar-refractivity contribution in [2.75, 3.05) is 10.2 Å². The SMILES string of the molecule is N#Cc1ccccc1OCc1cccc(OCc2ccc(N3C(=O)Nc4c[s+](C(=O)[O-])c5nccc3c45)cc2)c1. The topological polar surface area (TPSA) is 128 Å². The van der Waals surface area contributed by atoms with E-state index in [9.17, 15) is 20.0 Å². The van der Waals surface area contributed by atoms with E-state index in [1.165, 1.54) is 16.5 Å². The van der Waals surface area contributed by atoms with Gasteiger partial charge in [0.2, 0.25) is 0 Å². The molecule has 2 aromatic heterocycles. The number of nitriles is 1. The summed E-state index contributed by atoms with van der Waals surface area (Å²) < 4.78 is 11.8. The molecule has 6 rings (SSSR count). The molecule has 5 aromatic rings. The number of thiophene rings is 1. The molecule has 3 aromatic carbocycles. The van der Waals surface area contributed by atoms with Gasteiger partial charge in [0.25, 0.3) is 4.83 Å². The molecule has 3 heterocycles. The van der Waals surface area contributed by atoms with Gasteiger partial charge in [-0.2, -0.15) is 5.26 Å². The first-order valence-corrected chi connectivity index (χ1v) is 13.5. The molecule has 196 valence electrons. The summed E-state index contributed by atoms with van der Waals surface area (Å²) in [5.74, 6) is 1.20. The third-order valence-corrected chi connectivity index (χ3v) is 7.93. The van der Waals surface area contributed by atoms with Crippen molar-refractivity contribution in [3.8, 4) is 17.6 Å². The summed E-state index contributed by atoms with van der Waals surface area (Å²) in [6.45, 7) is 0.600. The number of carbonyl (C=O) groups is 2. The molecular weight excluding hydrogens is 528 g/mol. The molecule has 0 aliphatic carbocycles. The Bertz CT molecular complexity index is 1810. The van der Waals surface area contributed by atoms with Crippen LogP contribution >= 0.6 is 10.5 Å². The van der Waals surface area contributed by atoms with Crippen LogP contribution in [0.1, 0.15) is 16.7 Å². The van der Waals surface area contributed by atoms with Gasteiger partial charge in [0.1, 0.15) is 41.9 Å². The summed E-state index contributed by atoms with van der Waals surface area (Å²) in [4.78, 5) is 30.7. The second-order valence-electron chi connectivity index (χ2n) is 8.89. The first-order valence-electron chi connectivity index (χ1n) is 12.2. The monoisotopic (exact) mass is 548 g/mol. The third kappa shape index (κ3) is 4.66. The van der Waals surface area contributed by atoms with Gasteiger partial charge < -0.3 is 24.7 Å². The number of amides is 2. The Labute approximate surface area is 231 Å². The van der Waals surface area contributed by atoms with Crippen LogP contribution in [-0.2, 0) is 13.2 Å². The lowest BCUT2D eigenvalue weighted by Crippen LogP contribution is -2.33. The van der Waals surface area contributed by atoms with Crippen LogP contribution in [0.4, 0.5) is 26.7 Å². The number of rotatable bonds is 8. The first kappa shape index (κ1) is 24.9. The second-order valence-corrected chi connectivity index (χ2v) is 10.5. The van der Waals surface area contributed by atoms with Gasteiger partial charge in [0.05, 0.1) is 27.4 Å². The van der Waals surface area contributed by atoms with Gasteiger partial charge in [0.15, 0.2) is 5.38 Å². The molecular formula is C30H20N4O5S. The fourth-order valence-corrected chi connectivity index (χ4v) is 5.89. The van der Waals surface area contributed by atoms with Gasteiger partial charge in [-0.25, -0.2) is 9.78 Å². The van der Waals surface area contributed by atoms with Crippen molar-refractivity contribution in [1.29, 1.82) is 5.26 Å². The van der Waals surface area contributed by atoms with E-state index in [4.69, 9.17) is 9.47 Å². The molecule has 1 aliphatic rings. The van der Waals surface area contributed by atoms with Crippen molar-refractivity contribution < 1.29 is 24.2 Å². The van der Waals surface area contributed by atoms with Crippen LogP contribution < -0.4 is 24.8 Å². The molecule has 0 saturated heterocycles. The largest absolute Gasteiger partial charge is 0.500 e. The van der Waals surface area contributed by atoms with Crippen LogP contribution in [0, 0.1) is 11.3 Å². The highest BCUT2D eigenvalue weighted by Crippen LogP contribution is 2.46. The minimum Gasteiger partial charge on any atom is -0.500 e. The number of pyridine rings is 1. The maximum atomic E-state index is 13.0. The second kappa shape index (κ2) is 10.4. The van der Waals surface area contributed by atoms with E-state index in [-0.39, 0.29) is 6.03 Å². The van der Waals surface area contributed by atoms with Crippen molar-refractivity contribution in [1.82, 2.24) is 4.98 Å². The third-order valence-electron chi connectivity index (χ3n) is 6.37. The number of para-hydroxylation sites is 1. The van der Waals surface area contributed by atoms with Crippen LogP contribution in [0.15, 0.2) is 90.4 Å². The van der Waals surface area contributed by atoms with Crippen molar-refractivity contribution >= 4 is 49.1 Å². The molecule has 1 aliphatic heterocycles. The molecule has 1 atom stereocenters. The molecule has 0 fully saturated rings. The number of aromatic nitrogens is 1. The Kier molecular flexibility index (Phi) is 6.48. The molecule has 2 amide bonds. The first-order chi connectivity index (χ1) is 19.5. The molecule has 10 heteroatoms. The van der Waals surface area contributed by atoms with Crippen LogP contribution in [0.5, 0.6) is 11.5 Å². The Morgan fingerprint density at radius 1 is 1.00 bits per heavy atom. The molecule has 0 radical (unpaired) electrons.